The molecule has 1 atom stereocenters. The Labute approximate surface area is 126 Å². The molecule has 21 heavy (non-hydrogen) atoms. The SMILES string of the molecule is O=C(C[C@@H](c1ccccc1)c1ccco1)Nc1nccs1. The number of carbonyl (C=O) groups is 1. The molecule has 1 amide bonds. The average molecular weight is 298 g/mol. The van der Waals surface area contributed by atoms with Crippen molar-refractivity contribution in [2.45, 2.75) is 12.3 Å². The molecular weight excluding hydrogens is 284 g/mol. The minimum absolute atomic E-state index is 0.0739. The third kappa shape index (κ3) is 3.38. The Bertz CT molecular complexity index is 678. The van der Waals surface area contributed by atoms with E-state index in [1.165, 1.54) is 11.3 Å². The molecule has 0 aliphatic rings. The van der Waals surface area contributed by atoms with E-state index in [1.807, 2.05) is 47.8 Å². The van der Waals surface area contributed by atoms with Crippen molar-refractivity contribution < 1.29 is 9.21 Å². The van der Waals surface area contributed by atoms with Crippen LogP contribution in [0.5, 0.6) is 0 Å². The number of thiazole rings is 1. The van der Waals surface area contributed by atoms with Gasteiger partial charge >= 0.3 is 0 Å². The molecule has 5 heteroatoms. The van der Waals surface area contributed by atoms with Gasteiger partial charge in [0.25, 0.3) is 0 Å². The maximum atomic E-state index is 12.2. The Morgan fingerprint density at radius 2 is 2.10 bits per heavy atom. The number of benzene rings is 1. The number of nitrogens with zero attached hydrogens (tertiary/aromatic N) is 1. The second kappa shape index (κ2) is 6.37. The van der Waals surface area contributed by atoms with Crippen molar-refractivity contribution >= 4 is 22.4 Å². The molecule has 0 bridgehead atoms. The number of rotatable bonds is 5. The van der Waals surface area contributed by atoms with E-state index in [2.05, 4.69) is 10.3 Å². The highest BCUT2D eigenvalue weighted by Gasteiger charge is 2.20. The van der Waals surface area contributed by atoms with E-state index in [0.29, 0.717) is 11.6 Å². The number of anilines is 1. The van der Waals surface area contributed by atoms with Crippen molar-refractivity contribution in [1.29, 1.82) is 0 Å². The van der Waals surface area contributed by atoms with Gasteiger partial charge in [-0.3, -0.25) is 4.79 Å². The Balaban J connectivity index is 1.78. The van der Waals surface area contributed by atoms with Gasteiger partial charge in [-0.2, -0.15) is 0 Å². The summed E-state index contributed by atoms with van der Waals surface area (Å²) in [6.07, 6.45) is 3.61. The van der Waals surface area contributed by atoms with Crippen LogP contribution in [0.4, 0.5) is 5.13 Å². The fourth-order valence-electron chi connectivity index (χ4n) is 2.20. The van der Waals surface area contributed by atoms with Gasteiger partial charge in [-0.05, 0) is 17.7 Å². The van der Waals surface area contributed by atoms with Crippen LogP contribution in [-0.4, -0.2) is 10.9 Å². The summed E-state index contributed by atoms with van der Waals surface area (Å²) in [7, 11) is 0. The van der Waals surface area contributed by atoms with Crippen molar-refractivity contribution in [2.75, 3.05) is 5.32 Å². The first-order valence-corrected chi connectivity index (χ1v) is 7.48. The molecule has 2 aromatic heterocycles. The molecule has 0 saturated carbocycles. The van der Waals surface area contributed by atoms with Crippen LogP contribution >= 0.6 is 11.3 Å². The van der Waals surface area contributed by atoms with Gasteiger partial charge in [-0.15, -0.1) is 11.3 Å². The molecule has 0 fully saturated rings. The molecule has 0 aliphatic carbocycles. The second-order valence-corrected chi connectivity index (χ2v) is 5.46. The van der Waals surface area contributed by atoms with Crippen LogP contribution in [0, 0.1) is 0 Å². The molecule has 106 valence electrons. The topological polar surface area (TPSA) is 55.1 Å². The number of furan rings is 1. The van der Waals surface area contributed by atoms with E-state index >= 15 is 0 Å². The summed E-state index contributed by atoms with van der Waals surface area (Å²) in [6.45, 7) is 0. The summed E-state index contributed by atoms with van der Waals surface area (Å²) in [6, 6.07) is 13.6. The summed E-state index contributed by atoms with van der Waals surface area (Å²) in [5, 5.41) is 5.26. The number of hydrogen-bond acceptors (Lipinski definition) is 4. The van der Waals surface area contributed by atoms with Crippen LogP contribution in [0.1, 0.15) is 23.7 Å². The van der Waals surface area contributed by atoms with Gasteiger partial charge in [0.15, 0.2) is 5.13 Å². The fourth-order valence-corrected chi connectivity index (χ4v) is 2.74. The van der Waals surface area contributed by atoms with Gasteiger partial charge < -0.3 is 9.73 Å². The minimum Gasteiger partial charge on any atom is -0.469 e. The molecule has 0 saturated heterocycles. The Kier molecular flexibility index (Phi) is 4.12. The third-order valence-electron chi connectivity index (χ3n) is 3.16. The van der Waals surface area contributed by atoms with Gasteiger partial charge in [0.1, 0.15) is 5.76 Å². The standard InChI is InChI=1S/C16H14N2O2S/c19-15(18-16-17-8-10-21-16)11-13(14-7-4-9-20-14)12-5-2-1-3-6-12/h1-10,13H,11H2,(H,17,18,19)/t13-/m0/s1. The van der Waals surface area contributed by atoms with E-state index < -0.39 is 0 Å². The van der Waals surface area contributed by atoms with Gasteiger partial charge in [0, 0.05) is 18.0 Å². The highest BCUT2D eigenvalue weighted by Crippen LogP contribution is 2.28. The average Bonchev–Trinajstić information content (AvgIpc) is 3.19. The number of hydrogen-bond donors (Lipinski definition) is 1. The number of nitrogens with one attached hydrogen (secondary N) is 1. The monoisotopic (exact) mass is 298 g/mol. The number of amides is 1. The zero-order valence-corrected chi connectivity index (χ0v) is 12.0. The lowest BCUT2D eigenvalue weighted by Crippen LogP contribution is -2.16. The highest BCUT2D eigenvalue weighted by atomic mass is 32.1. The summed E-state index contributed by atoms with van der Waals surface area (Å²) in [5.74, 6) is 0.617. The molecule has 3 aromatic rings. The Morgan fingerprint density at radius 1 is 1.24 bits per heavy atom. The maximum Gasteiger partial charge on any atom is 0.227 e. The smallest absolute Gasteiger partial charge is 0.227 e. The third-order valence-corrected chi connectivity index (χ3v) is 3.85. The summed E-state index contributed by atoms with van der Waals surface area (Å²) < 4.78 is 5.49. The maximum absolute atomic E-state index is 12.2. The zero-order chi connectivity index (χ0) is 14.5. The highest BCUT2D eigenvalue weighted by molar-refractivity contribution is 7.13. The molecular formula is C16H14N2O2S. The van der Waals surface area contributed by atoms with Crippen LogP contribution in [-0.2, 0) is 4.79 Å². The van der Waals surface area contributed by atoms with Crippen LogP contribution in [0.15, 0.2) is 64.7 Å². The molecule has 4 nitrogen and oxygen atoms in total. The Hall–Kier alpha value is -2.40. The van der Waals surface area contributed by atoms with E-state index in [1.54, 1.807) is 12.5 Å². The van der Waals surface area contributed by atoms with Crippen LogP contribution in [0.25, 0.3) is 0 Å². The van der Waals surface area contributed by atoms with Gasteiger partial charge in [-0.25, -0.2) is 4.98 Å². The van der Waals surface area contributed by atoms with Crippen LogP contribution in [0.3, 0.4) is 0 Å². The number of carbonyl (C=O) groups excluding carboxylic acids is 1. The molecule has 3 rings (SSSR count). The minimum atomic E-state index is -0.0961. The van der Waals surface area contributed by atoms with E-state index in [-0.39, 0.29) is 11.8 Å². The van der Waals surface area contributed by atoms with Crippen molar-refractivity contribution in [1.82, 2.24) is 4.98 Å². The first-order valence-electron chi connectivity index (χ1n) is 6.60. The molecule has 1 N–H and O–H groups in total. The summed E-state index contributed by atoms with van der Waals surface area (Å²) in [5.41, 5.74) is 1.06. The lowest BCUT2D eigenvalue weighted by atomic mass is 9.93. The molecule has 2 heterocycles. The molecule has 0 unspecified atom stereocenters. The van der Waals surface area contributed by atoms with Crippen LogP contribution < -0.4 is 5.32 Å². The predicted molar refractivity (Wildman–Crippen MR) is 82.4 cm³/mol. The molecule has 0 radical (unpaired) electrons. The summed E-state index contributed by atoms with van der Waals surface area (Å²) >= 11 is 1.41. The molecule has 0 spiro atoms. The van der Waals surface area contributed by atoms with Crippen molar-refractivity contribution in [3.8, 4) is 0 Å². The molecule has 1 aromatic carbocycles. The number of aromatic nitrogens is 1. The van der Waals surface area contributed by atoms with Gasteiger partial charge in [0.05, 0.1) is 12.2 Å². The largest absolute Gasteiger partial charge is 0.469 e. The zero-order valence-electron chi connectivity index (χ0n) is 11.2. The lowest BCUT2D eigenvalue weighted by Gasteiger charge is -2.14. The van der Waals surface area contributed by atoms with Gasteiger partial charge in [-0.1, -0.05) is 30.3 Å². The van der Waals surface area contributed by atoms with Crippen LogP contribution in [0.2, 0.25) is 0 Å². The lowest BCUT2D eigenvalue weighted by molar-refractivity contribution is -0.116. The van der Waals surface area contributed by atoms with Crippen molar-refractivity contribution in [2.24, 2.45) is 0 Å². The summed E-state index contributed by atoms with van der Waals surface area (Å²) in [4.78, 5) is 16.3. The fraction of sp³-hybridized carbons (Fsp3) is 0.125. The first kappa shape index (κ1) is 13.6. The van der Waals surface area contributed by atoms with E-state index in [4.69, 9.17) is 4.42 Å². The second-order valence-electron chi connectivity index (χ2n) is 4.57. The van der Waals surface area contributed by atoms with Gasteiger partial charge in [0.2, 0.25) is 5.91 Å². The first-order chi connectivity index (χ1) is 10.3. The van der Waals surface area contributed by atoms with E-state index in [9.17, 15) is 4.79 Å². The van der Waals surface area contributed by atoms with Crippen molar-refractivity contribution in [3.05, 3.63) is 71.6 Å². The predicted octanol–water partition coefficient (Wildman–Crippen LogP) is 3.90. The Morgan fingerprint density at radius 3 is 2.76 bits per heavy atom. The quantitative estimate of drug-likeness (QED) is 0.777. The molecule has 0 aliphatic heterocycles. The van der Waals surface area contributed by atoms with Crippen molar-refractivity contribution in [3.63, 3.8) is 0 Å². The normalized spacial score (nSPS) is 12.0. The van der Waals surface area contributed by atoms with E-state index in [0.717, 1.165) is 11.3 Å².